The van der Waals surface area contributed by atoms with Crippen molar-refractivity contribution in [1.82, 2.24) is 0 Å². The molecule has 0 N–H and O–H groups in total. The summed E-state index contributed by atoms with van der Waals surface area (Å²) in [5.41, 5.74) is 0. The minimum Gasteiger partial charge on any atom is 1.00 e. The molecule has 0 fully saturated rings. The number of hydrogen-bond donors (Lipinski definition) is 0. The van der Waals surface area contributed by atoms with Gasteiger partial charge in [-0.15, -0.1) is 0 Å². The maximum absolute atomic E-state index is 10.7. The molecule has 0 saturated carbocycles. The normalized spacial score (nSPS) is 15.5. The standard InChI is InChI=1S/C2H3N.Cu.F6P/c1-2-3;;1-7(2,3,4,5)6/h1H3;;/q;+1;-1/p+1. The SMILES string of the molecule is CC#N.F[P-](F)(F)(F)(F)F.[Cu+].[H+]. The number of rotatable bonds is 0. The summed E-state index contributed by atoms with van der Waals surface area (Å²) in [7, 11) is -10.7. The Balaban J connectivity index is -0.0000000569. The molecule has 0 radical (unpaired) electrons. The zero-order chi connectivity index (χ0) is 9.12. The Morgan fingerprint density at radius 1 is 1.09 bits per heavy atom. The van der Waals surface area contributed by atoms with E-state index in [1.165, 1.54) is 6.92 Å². The van der Waals surface area contributed by atoms with E-state index in [1.807, 2.05) is 0 Å². The zero-order valence-corrected chi connectivity index (χ0v) is 6.80. The van der Waals surface area contributed by atoms with E-state index in [2.05, 4.69) is 0 Å². The van der Waals surface area contributed by atoms with Crippen LogP contribution in [0.1, 0.15) is 8.35 Å². The molecule has 0 bridgehead atoms. The van der Waals surface area contributed by atoms with Crippen molar-refractivity contribution >= 4 is 7.81 Å². The summed E-state index contributed by atoms with van der Waals surface area (Å²) in [4.78, 5) is 0. The predicted molar refractivity (Wildman–Crippen MR) is 26.0 cm³/mol. The van der Waals surface area contributed by atoms with Crippen LogP contribution >= 0.6 is 7.81 Å². The molecule has 0 aliphatic carbocycles. The molecule has 0 aliphatic heterocycles. The first-order valence-electron chi connectivity index (χ1n) is 1.74. The summed E-state index contributed by atoms with van der Waals surface area (Å²) in [5, 5.41) is 7.32. The maximum Gasteiger partial charge on any atom is 1.00 e. The first-order chi connectivity index (χ1) is 3.86. The van der Waals surface area contributed by atoms with Gasteiger partial charge in [0.1, 0.15) is 0 Å². The van der Waals surface area contributed by atoms with Crippen LogP contribution in [0.3, 0.4) is 0 Å². The van der Waals surface area contributed by atoms with Crippen LogP contribution in [0.15, 0.2) is 0 Å². The molecule has 0 spiro atoms. The summed E-state index contributed by atoms with van der Waals surface area (Å²) in [6, 6.07) is 1.75. The molecule has 0 saturated heterocycles. The quantitative estimate of drug-likeness (QED) is 0.362. The third-order valence-corrected chi connectivity index (χ3v) is 0. The summed E-state index contributed by atoms with van der Waals surface area (Å²) >= 11 is 0. The van der Waals surface area contributed by atoms with Gasteiger partial charge in [0.05, 0.1) is 6.07 Å². The van der Waals surface area contributed by atoms with Crippen molar-refractivity contribution in [3.05, 3.63) is 0 Å². The molecular weight excluding hydrogens is 247 g/mol. The van der Waals surface area contributed by atoms with Gasteiger partial charge in [0.15, 0.2) is 0 Å². The maximum atomic E-state index is 9.87. The van der Waals surface area contributed by atoms with Crippen molar-refractivity contribution in [2.75, 3.05) is 0 Å². The van der Waals surface area contributed by atoms with E-state index in [9.17, 15) is 25.2 Å². The van der Waals surface area contributed by atoms with Crippen molar-refractivity contribution in [3.63, 3.8) is 0 Å². The van der Waals surface area contributed by atoms with E-state index >= 15 is 0 Å². The Bertz CT molecular complexity index is 142. The van der Waals surface area contributed by atoms with Crippen molar-refractivity contribution in [2.24, 2.45) is 0 Å². The topological polar surface area (TPSA) is 23.8 Å². The molecule has 0 amide bonds. The number of nitrogens with zero attached hydrogens (tertiary/aromatic N) is 1. The fraction of sp³-hybridized carbons (Fsp3) is 0.500. The molecule has 0 aromatic heterocycles. The average Bonchev–Trinajstić information content (AvgIpc) is 1.20. The largest absolute Gasteiger partial charge is 1.00 e. The molecule has 0 aromatic carbocycles. The van der Waals surface area contributed by atoms with Crippen molar-refractivity contribution in [1.29, 1.82) is 5.26 Å². The molecule has 9 heteroatoms. The zero-order valence-electron chi connectivity index (χ0n) is 5.96. The van der Waals surface area contributed by atoms with Crippen LogP contribution in [0.5, 0.6) is 0 Å². The van der Waals surface area contributed by atoms with Crippen LogP contribution in [-0.4, -0.2) is 0 Å². The van der Waals surface area contributed by atoms with E-state index in [0.29, 0.717) is 0 Å². The van der Waals surface area contributed by atoms with E-state index in [4.69, 9.17) is 5.26 Å². The third kappa shape index (κ3) is 1700000. The van der Waals surface area contributed by atoms with Gasteiger partial charge in [0.2, 0.25) is 0 Å². The first kappa shape index (κ1) is 17.2. The molecule has 0 heterocycles. The van der Waals surface area contributed by atoms with Gasteiger partial charge in [0.25, 0.3) is 0 Å². The minimum atomic E-state index is -10.7. The predicted octanol–water partition coefficient (Wildman–Crippen LogP) is 4.02. The van der Waals surface area contributed by atoms with Gasteiger partial charge in [-0.1, -0.05) is 0 Å². The molecule has 0 atom stereocenters. The Hall–Kier alpha value is 0.0195. The van der Waals surface area contributed by atoms with Crippen molar-refractivity contribution < 1.29 is 43.7 Å². The van der Waals surface area contributed by atoms with Gasteiger partial charge in [-0.25, -0.2) is 0 Å². The van der Waals surface area contributed by atoms with E-state index < -0.39 is 7.81 Å². The van der Waals surface area contributed by atoms with Crippen molar-refractivity contribution in [3.8, 4) is 6.07 Å². The summed E-state index contributed by atoms with van der Waals surface area (Å²) in [6.07, 6.45) is 0. The second-order valence-electron chi connectivity index (χ2n) is 1.18. The molecule has 0 rings (SSSR count). The summed E-state index contributed by atoms with van der Waals surface area (Å²) < 4.78 is 59.2. The van der Waals surface area contributed by atoms with Crippen LogP contribution in [-0.2, 0) is 17.1 Å². The molecule has 0 aromatic rings. The second kappa shape index (κ2) is 3.18. The third-order valence-electron chi connectivity index (χ3n) is 0. The Morgan fingerprint density at radius 2 is 1.09 bits per heavy atom. The van der Waals surface area contributed by atoms with E-state index in [0.717, 1.165) is 0 Å². The first-order valence-corrected chi connectivity index (χ1v) is 3.77. The van der Waals surface area contributed by atoms with Crippen LogP contribution in [0.2, 0.25) is 0 Å². The molecule has 74 valence electrons. The number of nitriles is 1. The Kier molecular flexibility index (Phi) is 4.97. The molecule has 0 aliphatic rings. The molecule has 11 heavy (non-hydrogen) atoms. The smallest absolute Gasteiger partial charge is 1.00 e. The number of hydrogen-bond acceptors (Lipinski definition) is 1. The van der Waals surface area contributed by atoms with E-state index in [-0.39, 0.29) is 18.5 Å². The summed E-state index contributed by atoms with van der Waals surface area (Å²) in [5.74, 6) is 0. The fourth-order valence-corrected chi connectivity index (χ4v) is 0. The van der Waals surface area contributed by atoms with Gasteiger partial charge in [-0.3, -0.25) is 0 Å². The molecule has 0 unspecified atom stereocenters. The van der Waals surface area contributed by atoms with Crippen LogP contribution in [0.25, 0.3) is 0 Å². The van der Waals surface area contributed by atoms with Gasteiger partial charge in [-0.05, 0) is 0 Å². The monoisotopic (exact) mass is 250 g/mol. The average molecular weight is 251 g/mol. The number of halogens is 6. The van der Waals surface area contributed by atoms with Gasteiger partial charge >= 0.3 is 51.5 Å². The van der Waals surface area contributed by atoms with Gasteiger partial charge in [0, 0.05) is 6.92 Å². The van der Waals surface area contributed by atoms with Crippen LogP contribution < -0.4 is 0 Å². The van der Waals surface area contributed by atoms with Crippen LogP contribution in [0.4, 0.5) is 25.2 Å². The van der Waals surface area contributed by atoms with Crippen molar-refractivity contribution in [2.45, 2.75) is 6.92 Å². The molecular formula is C2H4CuF6NP+. The molecule has 1 nitrogen and oxygen atoms in total. The van der Waals surface area contributed by atoms with E-state index in [1.54, 1.807) is 6.07 Å². The van der Waals surface area contributed by atoms with Gasteiger partial charge in [-0.2, -0.15) is 5.26 Å². The van der Waals surface area contributed by atoms with Gasteiger partial charge < -0.3 is 0 Å². The second-order valence-corrected chi connectivity index (χ2v) is 3.10. The Labute approximate surface area is 70.6 Å². The Morgan fingerprint density at radius 3 is 1.09 bits per heavy atom. The van der Waals surface area contributed by atoms with Crippen LogP contribution in [0, 0.1) is 11.3 Å². The summed E-state index contributed by atoms with van der Waals surface area (Å²) in [6.45, 7) is 1.43. The fourth-order valence-electron chi connectivity index (χ4n) is 0. The minimum absolute atomic E-state index is 0.